The Morgan fingerprint density at radius 1 is 0.618 bits per heavy atom. The lowest BCUT2D eigenvalue weighted by Gasteiger charge is -2.61. The van der Waals surface area contributed by atoms with Crippen LogP contribution < -0.4 is 0 Å². The van der Waals surface area contributed by atoms with E-state index in [-0.39, 0.29) is 122 Å². The van der Waals surface area contributed by atoms with E-state index in [4.69, 9.17) is 28.4 Å². The van der Waals surface area contributed by atoms with Crippen LogP contribution in [-0.4, -0.2) is 83.1 Å². The topological polar surface area (TPSA) is 202 Å². The first-order valence-corrected chi connectivity index (χ1v) is 26.9. The van der Waals surface area contributed by atoms with Gasteiger partial charge in [0.1, 0.15) is 36.6 Å². The minimum Gasteiger partial charge on any atom is -0.462 e. The largest absolute Gasteiger partial charge is 0.462 e. The second kappa shape index (κ2) is 25.6. The molecule has 7 atom stereocenters. The molecule has 11 aliphatic rings. The molecule has 10 bridgehead atoms. The van der Waals surface area contributed by atoms with Gasteiger partial charge in [0.2, 0.25) is 0 Å². The van der Waals surface area contributed by atoms with Crippen molar-refractivity contribution >= 4 is 35.8 Å². The summed E-state index contributed by atoms with van der Waals surface area (Å²) in [5.74, 6) is 1.35. The van der Waals surface area contributed by atoms with Crippen LogP contribution >= 0.6 is 0 Å². The van der Waals surface area contributed by atoms with Gasteiger partial charge in [-0.25, -0.2) is 0 Å². The summed E-state index contributed by atoms with van der Waals surface area (Å²) in [6.07, 6.45) is 15.6. The van der Waals surface area contributed by atoms with E-state index in [1.807, 2.05) is 41.5 Å². The smallest absolute Gasteiger partial charge is 0.327 e. The van der Waals surface area contributed by atoms with Crippen LogP contribution in [0.2, 0.25) is 0 Å². The zero-order valence-electron chi connectivity index (χ0n) is 44.3. The molecule has 10 aliphatic carbocycles. The van der Waals surface area contributed by atoms with Crippen molar-refractivity contribution in [3.63, 3.8) is 0 Å². The first kappa shape index (κ1) is 70.3. The van der Waals surface area contributed by atoms with Crippen LogP contribution in [0.1, 0.15) is 243 Å². The molecule has 1 heterocycles. The van der Waals surface area contributed by atoms with Crippen LogP contribution in [0.5, 0.6) is 0 Å². The van der Waals surface area contributed by atoms with Crippen molar-refractivity contribution < 1.29 is 62.3 Å². The van der Waals surface area contributed by atoms with Crippen LogP contribution in [0, 0.1) is 79.8 Å². The Hall–Kier alpha value is -3.73. The van der Waals surface area contributed by atoms with Crippen molar-refractivity contribution in [3.8, 4) is 6.07 Å². The number of nitriles is 1. The Kier molecular flexibility index (Phi) is 23.7. The van der Waals surface area contributed by atoms with Gasteiger partial charge >= 0.3 is 35.8 Å². The second-order valence-corrected chi connectivity index (χ2v) is 26.1. The van der Waals surface area contributed by atoms with Gasteiger partial charge in [-0.05, 0) is 188 Å². The number of carbonyl (C=O) groups excluding carboxylic acids is 6. The molecular formula is C62H109NO13. The van der Waals surface area contributed by atoms with Crippen molar-refractivity contribution in [3.05, 3.63) is 0 Å². The van der Waals surface area contributed by atoms with E-state index in [9.17, 15) is 39.1 Å². The maximum atomic E-state index is 12.6. The van der Waals surface area contributed by atoms with E-state index < -0.39 is 52.0 Å². The SMILES string of the molecule is C.C.C.C.C.C.CCC(C)(C)C(=O)OC(C)(C)C12CC3CC(CC(C3)C1)C2.CCC(C)(C)C(=O)OC12CC3CC(CC(O)(C3)C1)C2.CCC(C)(C)C(=O)OCCOC(=O)CCC(=O)OC1C2CC3C1OC(=O)C3(C#N)C2. The average molecular weight is 1080 g/mol. The van der Waals surface area contributed by atoms with Gasteiger partial charge in [0.15, 0.2) is 5.41 Å². The zero-order chi connectivity index (χ0) is 51.5. The molecule has 7 unspecified atom stereocenters. The van der Waals surface area contributed by atoms with Crippen molar-refractivity contribution in [2.45, 2.75) is 272 Å². The van der Waals surface area contributed by atoms with Gasteiger partial charge in [0, 0.05) is 23.7 Å². The first-order valence-electron chi connectivity index (χ1n) is 26.9. The molecule has 10 saturated carbocycles. The average Bonchev–Trinajstić information content (AvgIpc) is 3.88. The van der Waals surface area contributed by atoms with Crippen LogP contribution in [0.25, 0.3) is 0 Å². The Labute approximate surface area is 461 Å². The molecule has 14 nitrogen and oxygen atoms in total. The Morgan fingerprint density at radius 3 is 1.57 bits per heavy atom. The monoisotopic (exact) mass is 1080 g/mol. The summed E-state index contributed by atoms with van der Waals surface area (Å²) in [5.41, 5.74) is -3.42. The fourth-order valence-corrected chi connectivity index (χ4v) is 14.6. The maximum Gasteiger partial charge on any atom is 0.327 e. The fourth-order valence-electron chi connectivity index (χ4n) is 14.6. The van der Waals surface area contributed by atoms with Crippen LogP contribution in [0.15, 0.2) is 0 Å². The highest BCUT2D eigenvalue weighted by Crippen LogP contribution is 2.65. The molecule has 11 fully saturated rings. The number of carbonyl (C=O) groups is 6. The first-order chi connectivity index (χ1) is 32.6. The number of nitrogens with zero attached hydrogens (tertiary/aromatic N) is 1. The third-order valence-electron chi connectivity index (χ3n) is 19.4. The van der Waals surface area contributed by atoms with Crippen molar-refractivity contribution in [2.75, 3.05) is 13.2 Å². The molecule has 76 heavy (non-hydrogen) atoms. The second-order valence-electron chi connectivity index (χ2n) is 26.1. The lowest BCUT2D eigenvalue weighted by molar-refractivity contribution is -0.225. The summed E-state index contributed by atoms with van der Waals surface area (Å²) in [6.45, 7) is 21.7. The zero-order valence-corrected chi connectivity index (χ0v) is 44.3. The highest BCUT2D eigenvalue weighted by molar-refractivity contribution is 5.85. The number of rotatable bonds is 16. The van der Waals surface area contributed by atoms with Crippen LogP contribution in [0.3, 0.4) is 0 Å². The molecule has 0 aromatic rings. The number of aliphatic hydroxyl groups is 1. The molecule has 0 amide bonds. The highest BCUT2D eigenvalue weighted by atomic mass is 16.6. The summed E-state index contributed by atoms with van der Waals surface area (Å²) in [4.78, 5) is 72.8. The number of esters is 6. The number of ether oxygens (including phenoxy) is 6. The third kappa shape index (κ3) is 14.0. The van der Waals surface area contributed by atoms with E-state index in [0.717, 1.165) is 56.3 Å². The normalized spacial score (nSPS) is 34.0. The molecular weight excluding hydrogens is 967 g/mol. The van der Waals surface area contributed by atoms with Gasteiger partial charge in [-0.3, -0.25) is 28.8 Å². The summed E-state index contributed by atoms with van der Waals surface area (Å²) >= 11 is 0. The van der Waals surface area contributed by atoms with Gasteiger partial charge in [-0.15, -0.1) is 0 Å². The molecule has 0 radical (unpaired) electrons. The van der Waals surface area contributed by atoms with E-state index in [1.165, 1.54) is 44.9 Å². The van der Waals surface area contributed by atoms with Crippen molar-refractivity contribution in [1.82, 2.24) is 0 Å². The number of fused-ring (bicyclic) bond motifs is 1. The lowest BCUT2D eigenvalue weighted by atomic mass is 9.46. The van der Waals surface area contributed by atoms with Gasteiger partial charge in [-0.2, -0.15) is 5.26 Å². The highest BCUT2D eigenvalue weighted by Gasteiger charge is 2.72. The van der Waals surface area contributed by atoms with Gasteiger partial charge in [0.25, 0.3) is 0 Å². The summed E-state index contributed by atoms with van der Waals surface area (Å²) in [7, 11) is 0. The molecule has 14 heteroatoms. The maximum absolute atomic E-state index is 12.6. The summed E-state index contributed by atoms with van der Waals surface area (Å²) in [5, 5.41) is 20.0. The molecule has 0 spiro atoms. The molecule has 0 aromatic carbocycles. The number of hydrogen-bond donors (Lipinski definition) is 1. The third-order valence-corrected chi connectivity index (χ3v) is 19.4. The van der Waals surface area contributed by atoms with E-state index >= 15 is 0 Å². The van der Waals surface area contributed by atoms with Crippen LogP contribution in [-0.2, 0) is 57.2 Å². The predicted octanol–water partition coefficient (Wildman–Crippen LogP) is 13.5. The quantitative estimate of drug-likeness (QED) is 0.0868. The Balaban J connectivity index is 0.000000563. The molecule has 440 valence electrons. The van der Waals surface area contributed by atoms with E-state index in [2.05, 4.69) is 26.8 Å². The molecule has 1 N–H and O–H groups in total. The van der Waals surface area contributed by atoms with Gasteiger partial charge in [0.05, 0.1) is 40.8 Å². The summed E-state index contributed by atoms with van der Waals surface area (Å²) < 4.78 is 32.9. The minimum absolute atomic E-state index is 0. The van der Waals surface area contributed by atoms with Crippen LogP contribution in [0.4, 0.5) is 0 Å². The van der Waals surface area contributed by atoms with Gasteiger partial charge < -0.3 is 33.5 Å². The van der Waals surface area contributed by atoms with E-state index in [1.54, 1.807) is 13.8 Å². The standard InChI is InChI=1S/C21H27NO8.C19H32O2.C16H26O3.6CH4/c1-4-20(2,3)18(25)28-8-7-27-14(23)5-6-15(24)29-16-12-9-13-17(16)30-19(26)21(13,10-12)11-22;1-6-17(2,3)16(20)21-18(4,5)19-10-13-7-14(11-19)9-15(8-13)12-19;1-4-14(2,3)13(17)19-16-8-11-5-12(9-16)7-15(18,6-11)10-16;;;;;;/h12-13,16-17H,4-10H2,1-3H3;13-15H,6-12H2,1-5H3;11-12,18H,4-10H2,1-3H3;6*1H4. The van der Waals surface area contributed by atoms with Crippen molar-refractivity contribution in [1.29, 1.82) is 5.26 Å². The van der Waals surface area contributed by atoms with E-state index in [0.29, 0.717) is 37.5 Å². The molecule has 0 aromatic heterocycles. The van der Waals surface area contributed by atoms with Crippen molar-refractivity contribution in [2.24, 2.45) is 68.5 Å². The van der Waals surface area contributed by atoms with Gasteiger partial charge in [-0.1, -0.05) is 65.3 Å². The lowest BCUT2D eigenvalue weighted by Crippen LogP contribution is -2.61. The minimum atomic E-state index is -1.09. The molecule has 11 rings (SSSR count). The Morgan fingerprint density at radius 2 is 1.08 bits per heavy atom. The Bertz CT molecular complexity index is 2020. The molecule has 1 saturated heterocycles. The predicted molar refractivity (Wildman–Crippen MR) is 297 cm³/mol. The fraction of sp³-hybridized carbons (Fsp3) is 0.887. The summed E-state index contributed by atoms with van der Waals surface area (Å²) in [6, 6.07) is 2.10. The number of hydrogen-bond acceptors (Lipinski definition) is 14. The molecule has 1 aliphatic heterocycles.